The predicted octanol–water partition coefficient (Wildman–Crippen LogP) is 3.28. The third-order valence-corrected chi connectivity index (χ3v) is 5.71. The molecule has 140 valence electrons. The highest BCUT2D eigenvalue weighted by atomic mass is 32.1. The molecule has 8 heteroatoms. The molecule has 0 saturated carbocycles. The van der Waals surface area contributed by atoms with E-state index in [4.69, 9.17) is 0 Å². The summed E-state index contributed by atoms with van der Waals surface area (Å²) in [6, 6.07) is 4.93. The van der Waals surface area contributed by atoms with Crippen molar-refractivity contribution < 1.29 is 14.7 Å². The van der Waals surface area contributed by atoms with Crippen molar-refractivity contribution in [3.05, 3.63) is 56.4 Å². The molecule has 0 fully saturated rings. The predicted molar refractivity (Wildman–Crippen MR) is 105 cm³/mol. The van der Waals surface area contributed by atoms with Crippen molar-refractivity contribution in [2.24, 2.45) is 0 Å². The quantitative estimate of drug-likeness (QED) is 0.718. The first-order chi connectivity index (χ1) is 12.7. The molecule has 2 heterocycles. The lowest BCUT2D eigenvalue weighted by Crippen LogP contribution is -2.32. The molecule has 1 amide bonds. The molecule has 27 heavy (non-hydrogen) atoms. The van der Waals surface area contributed by atoms with Crippen molar-refractivity contribution in [1.29, 1.82) is 0 Å². The SMILES string of the molecule is Cc1ccc(C)c(NC(=O)C(C)n2cnc3sc(C(=O)O)c(C)c3c2=O)c1. The van der Waals surface area contributed by atoms with E-state index in [0.717, 1.165) is 22.5 Å². The average molecular weight is 385 g/mol. The number of carboxylic acids is 1. The number of aromatic nitrogens is 2. The first-order valence-corrected chi connectivity index (χ1v) is 9.14. The number of hydrogen-bond acceptors (Lipinski definition) is 5. The van der Waals surface area contributed by atoms with E-state index in [9.17, 15) is 19.5 Å². The Balaban J connectivity index is 1.99. The maximum Gasteiger partial charge on any atom is 0.346 e. The maximum absolute atomic E-state index is 12.9. The zero-order valence-electron chi connectivity index (χ0n) is 15.4. The summed E-state index contributed by atoms with van der Waals surface area (Å²) in [4.78, 5) is 41.5. The van der Waals surface area contributed by atoms with Gasteiger partial charge in [-0.25, -0.2) is 9.78 Å². The number of benzene rings is 1. The number of thiophene rings is 1. The van der Waals surface area contributed by atoms with Gasteiger partial charge in [0.25, 0.3) is 5.56 Å². The van der Waals surface area contributed by atoms with E-state index in [1.54, 1.807) is 13.8 Å². The highest BCUT2D eigenvalue weighted by Crippen LogP contribution is 2.27. The number of nitrogens with zero attached hydrogens (tertiary/aromatic N) is 2. The number of aromatic carboxylic acids is 1. The molecule has 1 aromatic carbocycles. The number of carbonyl (C=O) groups excluding carboxylic acids is 1. The second-order valence-corrected chi connectivity index (χ2v) is 7.48. The molecule has 0 spiro atoms. The molecule has 0 bridgehead atoms. The molecule has 2 aromatic heterocycles. The molecule has 0 radical (unpaired) electrons. The first kappa shape index (κ1) is 18.8. The summed E-state index contributed by atoms with van der Waals surface area (Å²) in [5.41, 5.74) is 2.57. The third kappa shape index (κ3) is 3.35. The van der Waals surface area contributed by atoms with E-state index in [1.165, 1.54) is 10.9 Å². The number of hydrogen-bond donors (Lipinski definition) is 2. The van der Waals surface area contributed by atoms with Crippen LogP contribution in [0.2, 0.25) is 0 Å². The van der Waals surface area contributed by atoms with Gasteiger partial charge in [-0.2, -0.15) is 0 Å². The summed E-state index contributed by atoms with van der Waals surface area (Å²) in [7, 11) is 0. The molecule has 3 rings (SSSR count). The van der Waals surface area contributed by atoms with Gasteiger partial charge in [-0.3, -0.25) is 14.2 Å². The van der Waals surface area contributed by atoms with Crippen LogP contribution in [-0.2, 0) is 4.79 Å². The number of rotatable bonds is 4. The Hall–Kier alpha value is -3.00. The summed E-state index contributed by atoms with van der Waals surface area (Å²) in [6.07, 6.45) is 1.29. The Morgan fingerprint density at radius 3 is 2.63 bits per heavy atom. The molecule has 0 saturated heterocycles. The van der Waals surface area contributed by atoms with Crippen LogP contribution in [0.3, 0.4) is 0 Å². The Morgan fingerprint density at radius 1 is 1.26 bits per heavy atom. The molecule has 3 aromatic rings. The normalized spacial score (nSPS) is 12.1. The smallest absolute Gasteiger partial charge is 0.346 e. The fourth-order valence-corrected chi connectivity index (χ4v) is 3.83. The minimum absolute atomic E-state index is 0.0832. The number of anilines is 1. The van der Waals surface area contributed by atoms with Crippen LogP contribution in [0.5, 0.6) is 0 Å². The number of amides is 1. The van der Waals surface area contributed by atoms with Crippen molar-refractivity contribution in [1.82, 2.24) is 9.55 Å². The number of carboxylic acid groups (broad SMARTS) is 1. The minimum atomic E-state index is -1.10. The van der Waals surface area contributed by atoms with Gasteiger partial charge in [0.05, 0.1) is 11.7 Å². The van der Waals surface area contributed by atoms with Gasteiger partial charge < -0.3 is 10.4 Å². The van der Waals surface area contributed by atoms with E-state index in [2.05, 4.69) is 10.3 Å². The highest BCUT2D eigenvalue weighted by molar-refractivity contribution is 7.20. The zero-order chi connectivity index (χ0) is 19.9. The second-order valence-electron chi connectivity index (χ2n) is 6.48. The molecule has 0 aliphatic rings. The molecule has 0 aliphatic heterocycles. The Morgan fingerprint density at radius 2 is 1.96 bits per heavy atom. The lowest BCUT2D eigenvalue weighted by Gasteiger charge is -2.16. The lowest BCUT2D eigenvalue weighted by atomic mass is 10.1. The van der Waals surface area contributed by atoms with Crippen LogP contribution in [0, 0.1) is 20.8 Å². The summed E-state index contributed by atoms with van der Waals surface area (Å²) in [5, 5.41) is 12.3. The molecule has 1 atom stereocenters. The number of nitrogens with one attached hydrogen (secondary N) is 1. The van der Waals surface area contributed by atoms with Gasteiger partial charge in [-0.05, 0) is 50.5 Å². The standard InChI is InChI=1S/C19H19N3O4S/c1-9-5-6-10(2)13(7-9)21-16(23)12(4)22-8-20-17-14(18(22)24)11(3)15(27-17)19(25)26/h5-8,12H,1-4H3,(H,21,23)(H,25,26). The van der Waals surface area contributed by atoms with Crippen LogP contribution in [0.15, 0.2) is 29.3 Å². The summed E-state index contributed by atoms with van der Waals surface area (Å²) in [5.74, 6) is -1.44. The van der Waals surface area contributed by atoms with Gasteiger partial charge in [0.2, 0.25) is 5.91 Å². The maximum atomic E-state index is 12.9. The highest BCUT2D eigenvalue weighted by Gasteiger charge is 2.22. The average Bonchev–Trinajstić information content (AvgIpc) is 2.95. The summed E-state index contributed by atoms with van der Waals surface area (Å²) in [6.45, 7) is 7.01. The molecule has 7 nitrogen and oxygen atoms in total. The Bertz CT molecular complexity index is 1130. The largest absolute Gasteiger partial charge is 0.477 e. The van der Waals surface area contributed by atoms with E-state index in [-0.39, 0.29) is 16.2 Å². The molecule has 1 unspecified atom stereocenters. The van der Waals surface area contributed by atoms with E-state index in [0.29, 0.717) is 16.1 Å². The van der Waals surface area contributed by atoms with Crippen molar-refractivity contribution in [3.8, 4) is 0 Å². The van der Waals surface area contributed by atoms with Gasteiger partial charge in [0.1, 0.15) is 15.7 Å². The van der Waals surface area contributed by atoms with Gasteiger partial charge in [-0.15, -0.1) is 11.3 Å². The van der Waals surface area contributed by atoms with Crippen LogP contribution in [-0.4, -0.2) is 26.5 Å². The van der Waals surface area contributed by atoms with Crippen molar-refractivity contribution in [2.75, 3.05) is 5.32 Å². The summed E-state index contributed by atoms with van der Waals surface area (Å²) < 4.78 is 1.23. The van der Waals surface area contributed by atoms with Crippen LogP contribution in [0.1, 0.15) is 39.3 Å². The first-order valence-electron chi connectivity index (χ1n) is 8.32. The second kappa shape index (κ2) is 6.96. The number of fused-ring (bicyclic) bond motifs is 1. The Labute approximate surface area is 159 Å². The van der Waals surface area contributed by atoms with Gasteiger partial charge in [0.15, 0.2) is 0 Å². The van der Waals surface area contributed by atoms with Gasteiger partial charge >= 0.3 is 5.97 Å². The van der Waals surface area contributed by atoms with Crippen LogP contribution in [0.4, 0.5) is 5.69 Å². The number of aryl methyl sites for hydroxylation is 3. The lowest BCUT2D eigenvalue weighted by molar-refractivity contribution is -0.118. The Kier molecular flexibility index (Phi) is 4.84. The molecular formula is C19H19N3O4S. The fourth-order valence-electron chi connectivity index (χ4n) is 2.85. The minimum Gasteiger partial charge on any atom is -0.477 e. The summed E-state index contributed by atoms with van der Waals surface area (Å²) >= 11 is 0.957. The van der Waals surface area contributed by atoms with Crippen LogP contribution < -0.4 is 10.9 Å². The molecule has 0 aliphatic carbocycles. The third-order valence-electron chi connectivity index (χ3n) is 4.52. The van der Waals surface area contributed by atoms with Crippen molar-refractivity contribution in [2.45, 2.75) is 33.7 Å². The molecular weight excluding hydrogens is 366 g/mol. The van der Waals surface area contributed by atoms with E-state index >= 15 is 0 Å². The van der Waals surface area contributed by atoms with Crippen molar-refractivity contribution in [3.63, 3.8) is 0 Å². The van der Waals surface area contributed by atoms with Crippen molar-refractivity contribution >= 4 is 39.1 Å². The molecule has 2 N–H and O–H groups in total. The fraction of sp³-hybridized carbons (Fsp3) is 0.263. The van der Waals surface area contributed by atoms with E-state index < -0.39 is 17.6 Å². The topological polar surface area (TPSA) is 101 Å². The van der Waals surface area contributed by atoms with Gasteiger partial charge in [-0.1, -0.05) is 12.1 Å². The van der Waals surface area contributed by atoms with E-state index in [1.807, 2.05) is 32.0 Å². The van der Waals surface area contributed by atoms with Crippen LogP contribution in [0.25, 0.3) is 10.2 Å². The monoisotopic (exact) mass is 385 g/mol. The van der Waals surface area contributed by atoms with Gasteiger partial charge in [0, 0.05) is 5.69 Å². The zero-order valence-corrected chi connectivity index (χ0v) is 16.2. The van der Waals surface area contributed by atoms with Crippen LogP contribution >= 0.6 is 11.3 Å². The number of carbonyl (C=O) groups is 2.